The van der Waals surface area contributed by atoms with E-state index in [2.05, 4.69) is 4.98 Å². The number of ether oxygens (including phenoxy) is 2. The highest BCUT2D eigenvalue weighted by Crippen LogP contribution is 2.35. The number of aliphatic hydroxyl groups excluding tert-OH is 1. The van der Waals surface area contributed by atoms with Gasteiger partial charge in [-0.05, 0) is 12.8 Å². The molecular formula is C13H21N2O8P. The van der Waals surface area contributed by atoms with Gasteiger partial charge in [-0.1, -0.05) is 0 Å². The van der Waals surface area contributed by atoms with Gasteiger partial charge in [0.25, 0.3) is 5.56 Å². The van der Waals surface area contributed by atoms with Crippen molar-refractivity contribution in [3.63, 3.8) is 0 Å². The normalized spacial score (nSPS) is 23.3. The molecule has 4 unspecified atom stereocenters. The highest BCUT2D eigenvalue weighted by Gasteiger charge is 2.28. The van der Waals surface area contributed by atoms with E-state index in [0.29, 0.717) is 12.8 Å². The molecule has 24 heavy (non-hydrogen) atoms. The fourth-order valence-corrected chi connectivity index (χ4v) is 2.91. The molecule has 1 aliphatic heterocycles. The maximum atomic E-state index is 11.7. The predicted octanol–water partition coefficient (Wildman–Crippen LogP) is -0.526. The lowest BCUT2D eigenvalue weighted by molar-refractivity contribution is -0.0248. The van der Waals surface area contributed by atoms with Crippen molar-refractivity contribution in [1.29, 1.82) is 0 Å². The summed E-state index contributed by atoms with van der Waals surface area (Å²) in [7, 11) is -0.683. The number of aromatic amines is 1. The van der Waals surface area contributed by atoms with Gasteiger partial charge in [0.2, 0.25) is 0 Å². The standard InChI is InChI=1S/C13H21N2O8P/c1-20-6-9(16)7-21-24(19)22-8-10-2-3-12(23-10)15-5-4-11(17)14-13(15)18/h4-5,9-10,12,16,19H,2-3,6-8H2,1H3,(H,14,17,18). The van der Waals surface area contributed by atoms with E-state index in [1.165, 1.54) is 23.9 Å². The van der Waals surface area contributed by atoms with Crippen molar-refractivity contribution in [3.8, 4) is 0 Å². The topological polar surface area (TPSA) is 132 Å². The molecule has 0 saturated carbocycles. The Morgan fingerprint density at radius 2 is 2.21 bits per heavy atom. The number of hydrogen-bond donors (Lipinski definition) is 3. The summed E-state index contributed by atoms with van der Waals surface area (Å²) in [4.78, 5) is 34.5. The Bertz CT molecular complexity index is 620. The second-order valence-electron chi connectivity index (χ2n) is 5.25. The maximum Gasteiger partial charge on any atom is 0.330 e. The van der Waals surface area contributed by atoms with Crippen LogP contribution in [0.25, 0.3) is 0 Å². The minimum atomic E-state index is -2.13. The third-order valence-corrected chi connectivity index (χ3v) is 4.09. The predicted molar refractivity (Wildman–Crippen MR) is 83.4 cm³/mol. The third kappa shape index (κ3) is 5.75. The molecule has 2 heterocycles. The van der Waals surface area contributed by atoms with E-state index in [1.807, 2.05) is 0 Å². The Hall–Kier alpha value is -1.13. The summed E-state index contributed by atoms with van der Waals surface area (Å²) < 4.78 is 21.9. The van der Waals surface area contributed by atoms with Crippen LogP contribution in [0.5, 0.6) is 0 Å². The van der Waals surface area contributed by atoms with Crippen LogP contribution in [0, 0.1) is 0 Å². The second-order valence-corrected chi connectivity index (χ2v) is 6.24. The van der Waals surface area contributed by atoms with Crippen molar-refractivity contribution >= 4 is 8.60 Å². The fourth-order valence-electron chi connectivity index (χ4n) is 2.24. The van der Waals surface area contributed by atoms with Crippen LogP contribution in [0.3, 0.4) is 0 Å². The molecule has 3 N–H and O–H groups in total. The van der Waals surface area contributed by atoms with Crippen molar-refractivity contribution in [2.24, 2.45) is 0 Å². The van der Waals surface area contributed by atoms with Crippen LogP contribution in [-0.2, 0) is 18.5 Å². The van der Waals surface area contributed by atoms with Crippen molar-refractivity contribution in [3.05, 3.63) is 33.1 Å². The van der Waals surface area contributed by atoms with E-state index in [1.54, 1.807) is 0 Å². The Morgan fingerprint density at radius 3 is 2.92 bits per heavy atom. The first-order chi connectivity index (χ1) is 11.5. The lowest BCUT2D eigenvalue weighted by Crippen LogP contribution is -2.31. The van der Waals surface area contributed by atoms with Gasteiger partial charge in [-0.15, -0.1) is 0 Å². The van der Waals surface area contributed by atoms with Gasteiger partial charge in [0.05, 0.1) is 25.9 Å². The Kier molecular flexibility index (Phi) is 7.50. The van der Waals surface area contributed by atoms with Gasteiger partial charge < -0.3 is 28.5 Å². The average molecular weight is 364 g/mol. The van der Waals surface area contributed by atoms with Crippen LogP contribution >= 0.6 is 8.60 Å². The molecule has 1 aromatic heterocycles. The zero-order valence-electron chi connectivity index (χ0n) is 13.2. The first-order valence-electron chi connectivity index (χ1n) is 7.38. The van der Waals surface area contributed by atoms with Crippen LogP contribution in [0.4, 0.5) is 0 Å². The second kappa shape index (κ2) is 9.38. The summed E-state index contributed by atoms with van der Waals surface area (Å²) in [6.45, 7) is 0.0959. The van der Waals surface area contributed by atoms with Gasteiger partial charge in [-0.2, -0.15) is 0 Å². The minimum absolute atomic E-state index is 0.0944. The lowest BCUT2D eigenvalue weighted by Gasteiger charge is -2.17. The van der Waals surface area contributed by atoms with Gasteiger partial charge in [0.15, 0.2) is 0 Å². The van der Waals surface area contributed by atoms with E-state index in [4.69, 9.17) is 18.5 Å². The quantitative estimate of drug-likeness (QED) is 0.499. The summed E-state index contributed by atoms with van der Waals surface area (Å²) in [5.41, 5.74) is -0.998. The molecule has 0 bridgehead atoms. The number of nitrogens with one attached hydrogen (secondary N) is 1. The minimum Gasteiger partial charge on any atom is -0.388 e. The summed E-state index contributed by atoms with van der Waals surface area (Å²) in [5.74, 6) is 0. The number of hydrogen-bond acceptors (Lipinski definition) is 8. The molecule has 0 amide bonds. The molecule has 0 spiro atoms. The molecule has 1 aromatic rings. The van der Waals surface area contributed by atoms with Crippen molar-refractivity contribution < 1.29 is 28.5 Å². The largest absolute Gasteiger partial charge is 0.388 e. The van der Waals surface area contributed by atoms with E-state index in [0.717, 1.165) is 0 Å². The molecule has 10 nitrogen and oxygen atoms in total. The highest BCUT2D eigenvalue weighted by molar-refractivity contribution is 7.40. The van der Waals surface area contributed by atoms with Gasteiger partial charge in [-0.3, -0.25) is 14.3 Å². The van der Waals surface area contributed by atoms with Crippen molar-refractivity contribution in [2.75, 3.05) is 26.9 Å². The van der Waals surface area contributed by atoms with E-state index >= 15 is 0 Å². The zero-order chi connectivity index (χ0) is 17.5. The Morgan fingerprint density at radius 1 is 1.42 bits per heavy atom. The molecular weight excluding hydrogens is 343 g/mol. The lowest BCUT2D eigenvalue weighted by atomic mass is 10.2. The molecule has 0 aromatic carbocycles. The smallest absolute Gasteiger partial charge is 0.330 e. The van der Waals surface area contributed by atoms with Gasteiger partial charge in [0.1, 0.15) is 12.3 Å². The maximum absolute atomic E-state index is 11.7. The first kappa shape index (κ1) is 19.2. The van der Waals surface area contributed by atoms with Gasteiger partial charge in [-0.25, -0.2) is 4.79 Å². The molecule has 1 aliphatic rings. The number of methoxy groups -OCH3 is 1. The van der Waals surface area contributed by atoms with Crippen LogP contribution in [0.1, 0.15) is 19.1 Å². The van der Waals surface area contributed by atoms with E-state index in [9.17, 15) is 19.6 Å². The van der Waals surface area contributed by atoms with Crippen LogP contribution in [0.2, 0.25) is 0 Å². The monoisotopic (exact) mass is 364 g/mol. The third-order valence-electron chi connectivity index (χ3n) is 3.35. The molecule has 0 aliphatic carbocycles. The number of aliphatic hydroxyl groups is 1. The van der Waals surface area contributed by atoms with Crippen LogP contribution < -0.4 is 11.2 Å². The Balaban J connectivity index is 1.74. The number of H-pyrrole nitrogens is 1. The molecule has 1 saturated heterocycles. The Labute approximate surface area is 138 Å². The summed E-state index contributed by atoms with van der Waals surface area (Å²) >= 11 is 0. The average Bonchev–Trinajstić information content (AvgIpc) is 3.00. The SMILES string of the molecule is COCC(O)COP(O)OCC1CCC(n2ccc(=O)[nH]c2=O)O1. The number of rotatable bonds is 9. The zero-order valence-corrected chi connectivity index (χ0v) is 14.1. The molecule has 2 rings (SSSR count). The number of aromatic nitrogens is 2. The number of nitrogens with zero attached hydrogens (tertiary/aromatic N) is 1. The summed E-state index contributed by atoms with van der Waals surface area (Å²) in [6.07, 6.45) is 0.960. The molecule has 4 atom stereocenters. The summed E-state index contributed by atoms with van der Waals surface area (Å²) in [6, 6.07) is 1.25. The molecule has 136 valence electrons. The van der Waals surface area contributed by atoms with Crippen LogP contribution in [-0.4, -0.2) is 58.7 Å². The molecule has 0 radical (unpaired) electrons. The highest BCUT2D eigenvalue weighted by atomic mass is 31.2. The molecule has 1 fully saturated rings. The molecule has 11 heteroatoms. The van der Waals surface area contributed by atoms with Crippen molar-refractivity contribution in [1.82, 2.24) is 9.55 Å². The fraction of sp³-hybridized carbons (Fsp3) is 0.692. The van der Waals surface area contributed by atoms with Gasteiger partial charge in [0, 0.05) is 19.4 Å². The van der Waals surface area contributed by atoms with Gasteiger partial charge >= 0.3 is 14.3 Å². The van der Waals surface area contributed by atoms with E-state index in [-0.39, 0.29) is 25.9 Å². The van der Waals surface area contributed by atoms with E-state index < -0.39 is 32.2 Å². The first-order valence-corrected chi connectivity index (χ1v) is 8.51. The summed E-state index contributed by atoms with van der Waals surface area (Å²) in [5, 5.41) is 9.40. The van der Waals surface area contributed by atoms with Crippen LogP contribution in [0.15, 0.2) is 21.9 Å². The van der Waals surface area contributed by atoms with Crippen molar-refractivity contribution in [2.45, 2.75) is 31.3 Å².